The second-order valence-corrected chi connectivity index (χ2v) is 10.3. The van der Waals surface area contributed by atoms with E-state index in [9.17, 15) is 13.2 Å². The number of nitrogens with two attached hydrogens (primary N) is 1. The molecular formula is C24H27N5O3S. The summed E-state index contributed by atoms with van der Waals surface area (Å²) in [5.41, 5.74) is 7.54. The predicted molar refractivity (Wildman–Crippen MR) is 126 cm³/mol. The van der Waals surface area contributed by atoms with Crippen molar-refractivity contribution in [2.24, 2.45) is 0 Å². The molecule has 3 aromatic rings. The zero-order chi connectivity index (χ0) is 23.5. The number of benzene rings is 2. The van der Waals surface area contributed by atoms with Crippen molar-refractivity contribution in [2.75, 3.05) is 25.4 Å². The molecule has 2 aromatic carbocycles. The lowest BCUT2D eigenvalue weighted by Crippen LogP contribution is -2.50. The summed E-state index contributed by atoms with van der Waals surface area (Å²) < 4.78 is 27.9. The van der Waals surface area contributed by atoms with Crippen molar-refractivity contribution in [2.45, 2.75) is 30.1 Å². The smallest absolute Gasteiger partial charge is 0.273 e. The minimum absolute atomic E-state index is 0.0720. The van der Waals surface area contributed by atoms with Crippen LogP contribution in [0, 0.1) is 6.92 Å². The highest BCUT2D eigenvalue weighted by molar-refractivity contribution is 7.89. The first-order valence-corrected chi connectivity index (χ1v) is 12.2. The SMILES string of the molecule is Cc1ccc(S(=O)(=O)N2CCC(CNC(=O)c3nccnc3N)(c3ccccc3)CC2)cc1. The second kappa shape index (κ2) is 9.29. The Hall–Kier alpha value is -3.30. The Balaban J connectivity index is 1.54. The van der Waals surface area contributed by atoms with Crippen LogP contribution in [0.1, 0.15) is 34.5 Å². The molecule has 0 unspecified atom stereocenters. The van der Waals surface area contributed by atoms with Gasteiger partial charge in [0.1, 0.15) is 0 Å². The average Bonchev–Trinajstić information content (AvgIpc) is 2.84. The van der Waals surface area contributed by atoms with Crippen molar-refractivity contribution in [1.29, 1.82) is 0 Å². The summed E-state index contributed by atoms with van der Waals surface area (Å²) in [6.45, 7) is 2.97. The van der Waals surface area contributed by atoms with Crippen LogP contribution in [0.3, 0.4) is 0 Å². The Bertz CT molecular complexity index is 1220. The molecule has 1 aromatic heterocycles. The fourth-order valence-corrected chi connectivity index (χ4v) is 5.67. The minimum atomic E-state index is -3.58. The van der Waals surface area contributed by atoms with Crippen LogP contribution in [-0.4, -0.2) is 48.2 Å². The van der Waals surface area contributed by atoms with Crippen LogP contribution in [-0.2, 0) is 15.4 Å². The molecular weight excluding hydrogens is 438 g/mol. The Morgan fingerprint density at radius 3 is 2.30 bits per heavy atom. The van der Waals surface area contributed by atoms with Crippen molar-refractivity contribution in [3.8, 4) is 0 Å². The van der Waals surface area contributed by atoms with Crippen LogP contribution in [0.5, 0.6) is 0 Å². The fraction of sp³-hybridized carbons (Fsp3) is 0.292. The van der Waals surface area contributed by atoms with Crippen molar-refractivity contribution >= 4 is 21.7 Å². The number of nitrogen functional groups attached to an aromatic ring is 1. The Labute approximate surface area is 193 Å². The molecule has 0 atom stereocenters. The van der Waals surface area contributed by atoms with Crippen LogP contribution in [0.2, 0.25) is 0 Å². The number of aromatic nitrogens is 2. The lowest BCUT2D eigenvalue weighted by Gasteiger charge is -2.42. The van der Waals surface area contributed by atoms with Crippen molar-refractivity contribution in [3.63, 3.8) is 0 Å². The minimum Gasteiger partial charge on any atom is -0.382 e. The monoisotopic (exact) mass is 465 g/mol. The van der Waals surface area contributed by atoms with Gasteiger partial charge in [0.25, 0.3) is 5.91 Å². The zero-order valence-corrected chi connectivity index (χ0v) is 19.3. The maximum Gasteiger partial charge on any atom is 0.273 e. The summed E-state index contributed by atoms with van der Waals surface area (Å²) in [4.78, 5) is 21.0. The number of rotatable bonds is 6. The number of hydrogen-bond donors (Lipinski definition) is 2. The van der Waals surface area contributed by atoms with Gasteiger partial charge in [-0.2, -0.15) is 4.31 Å². The van der Waals surface area contributed by atoms with Crippen LogP contribution < -0.4 is 11.1 Å². The summed E-state index contributed by atoms with van der Waals surface area (Å²) in [5.74, 6) is -0.326. The first-order valence-electron chi connectivity index (χ1n) is 10.8. The van der Waals surface area contributed by atoms with Gasteiger partial charge in [0.05, 0.1) is 4.90 Å². The largest absolute Gasteiger partial charge is 0.382 e. The van der Waals surface area contributed by atoms with Crippen molar-refractivity contribution in [3.05, 3.63) is 83.8 Å². The molecule has 1 aliphatic rings. The summed E-state index contributed by atoms with van der Waals surface area (Å²) in [7, 11) is -3.58. The normalized spacial score (nSPS) is 16.3. The van der Waals surface area contributed by atoms with Gasteiger partial charge in [-0.15, -0.1) is 0 Å². The van der Waals surface area contributed by atoms with Gasteiger partial charge in [-0.05, 0) is 37.5 Å². The van der Waals surface area contributed by atoms with Gasteiger partial charge in [-0.1, -0.05) is 48.0 Å². The highest BCUT2D eigenvalue weighted by Crippen LogP contribution is 2.37. The molecule has 172 valence electrons. The standard InChI is InChI=1S/C24H27N5O3S/c1-18-7-9-20(10-8-18)33(31,32)29-15-11-24(12-16-29,19-5-3-2-4-6-19)17-28-23(30)21-22(25)27-14-13-26-21/h2-10,13-14H,11-12,15-17H2,1H3,(H2,25,27)(H,28,30). The molecule has 0 bridgehead atoms. The van der Waals surface area contributed by atoms with E-state index in [1.807, 2.05) is 37.3 Å². The van der Waals surface area contributed by atoms with Crippen LogP contribution in [0.25, 0.3) is 0 Å². The van der Waals surface area contributed by atoms with Gasteiger partial charge in [0.2, 0.25) is 10.0 Å². The molecule has 9 heteroatoms. The van der Waals surface area contributed by atoms with Crippen LogP contribution >= 0.6 is 0 Å². The molecule has 1 fully saturated rings. The molecule has 1 amide bonds. The highest BCUT2D eigenvalue weighted by Gasteiger charge is 2.40. The molecule has 33 heavy (non-hydrogen) atoms. The van der Waals surface area contributed by atoms with Gasteiger partial charge in [0, 0.05) is 37.4 Å². The second-order valence-electron chi connectivity index (χ2n) is 8.34. The van der Waals surface area contributed by atoms with Gasteiger partial charge in [-0.25, -0.2) is 18.4 Å². The molecule has 8 nitrogen and oxygen atoms in total. The fourth-order valence-electron chi connectivity index (χ4n) is 4.23. The summed E-state index contributed by atoms with van der Waals surface area (Å²) in [6.07, 6.45) is 3.99. The van der Waals surface area contributed by atoms with Crippen molar-refractivity contribution in [1.82, 2.24) is 19.6 Å². The van der Waals surface area contributed by atoms with Gasteiger partial charge >= 0.3 is 0 Å². The number of nitrogens with zero attached hydrogens (tertiary/aromatic N) is 3. The van der Waals surface area contributed by atoms with E-state index < -0.39 is 21.3 Å². The average molecular weight is 466 g/mol. The summed E-state index contributed by atoms with van der Waals surface area (Å²) in [6, 6.07) is 16.8. The maximum atomic E-state index is 13.2. The third kappa shape index (κ3) is 4.74. The van der Waals surface area contributed by atoms with E-state index in [0.717, 1.165) is 11.1 Å². The number of aryl methyl sites for hydroxylation is 1. The van der Waals surface area contributed by atoms with E-state index in [4.69, 9.17) is 5.73 Å². The number of anilines is 1. The lowest BCUT2D eigenvalue weighted by molar-refractivity contribution is 0.0928. The zero-order valence-electron chi connectivity index (χ0n) is 18.4. The van der Waals surface area contributed by atoms with E-state index >= 15 is 0 Å². The maximum absolute atomic E-state index is 13.2. The highest BCUT2D eigenvalue weighted by atomic mass is 32.2. The van der Waals surface area contributed by atoms with Gasteiger partial charge < -0.3 is 11.1 Å². The molecule has 1 aliphatic heterocycles. The van der Waals surface area contributed by atoms with E-state index in [0.29, 0.717) is 37.4 Å². The third-order valence-corrected chi connectivity index (χ3v) is 8.17. The molecule has 1 saturated heterocycles. The number of carbonyl (C=O) groups excluding carboxylic acids is 1. The first kappa shape index (κ1) is 22.9. The van der Waals surface area contributed by atoms with E-state index in [1.54, 1.807) is 24.3 Å². The number of carbonyl (C=O) groups is 1. The Morgan fingerprint density at radius 2 is 1.67 bits per heavy atom. The van der Waals surface area contributed by atoms with E-state index in [-0.39, 0.29) is 11.5 Å². The number of nitrogens with one attached hydrogen (secondary N) is 1. The lowest BCUT2D eigenvalue weighted by atomic mass is 9.73. The summed E-state index contributed by atoms with van der Waals surface area (Å²) in [5, 5.41) is 2.95. The van der Waals surface area contributed by atoms with Crippen molar-refractivity contribution < 1.29 is 13.2 Å². The summed E-state index contributed by atoms with van der Waals surface area (Å²) >= 11 is 0. The molecule has 0 aliphatic carbocycles. The first-order chi connectivity index (χ1) is 15.8. The van der Waals surface area contributed by atoms with Gasteiger partial charge in [-0.3, -0.25) is 4.79 Å². The van der Waals surface area contributed by atoms with E-state index in [1.165, 1.54) is 16.7 Å². The van der Waals surface area contributed by atoms with Gasteiger partial charge in [0.15, 0.2) is 11.5 Å². The number of piperidine rings is 1. The van der Waals surface area contributed by atoms with E-state index in [2.05, 4.69) is 15.3 Å². The quantitative estimate of drug-likeness (QED) is 0.578. The molecule has 0 spiro atoms. The molecule has 0 radical (unpaired) electrons. The number of amides is 1. The molecule has 3 N–H and O–H groups in total. The molecule has 0 saturated carbocycles. The molecule has 2 heterocycles. The van der Waals surface area contributed by atoms with Crippen LogP contribution in [0.4, 0.5) is 5.82 Å². The Morgan fingerprint density at radius 1 is 1.03 bits per heavy atom. The third-order valence-electron chi connectivity index (χ3n) is 6.25. The topological polar surface area (TPSA) is 118 Å². The Kier molecular flexibility index (Phi) is 6.44. The number of sulfonamides is 1. The molecule has 4 rings (SSSR count). The number of hydrogen-bond acceptors (Lipinski definition) is 6. The van der Waals surface area contributed by atoms with Crippen LogP contribution in [0.15, 0.2) is 71.9 Å². The predicted octanol–water partition coefficient (Wildman–Crippen LogP) is 2.52.